The molecule has 0 saturated carbocycles. The lowest BCUT2D eigenvalue weighted by Gasteiger charge is -2.12. The maximum absolute atomic E-state index is 12.8. The molecule has 2 unspecified atom stereocenters. The van der Waals surface area contributed by atoms with Crippen molar-refractivity contribution in [2.24, 2.45) is 0 Å². The van der Waals surface area contributed by atoms with E-state index >= 15 is 0 Å². The molecule has 1 aromatic rings. The van der Waals surface area contributed by atoms with Crippen molar-refractivity contribution in [1.82, 2.24) is 0 Å². The average molecular weight is 280 g/mol. The quantitative estimate of drug-likeness (QED) is 0.853. The van der Waals surface area contributed by atoms with Crippen LogP contribution in [0.2, 0.25) is 0 Å². The molecule has 2 atom stereocenters. The van der Waals surface area contributed by atoms with E-state index in [1.54, 1.807) is 0 Å². The van der Waals surface area contributed by atoms with E-state index in [1.807, 2.05) is 0 Å². The Morgan fingerprint density at radius 3 is 2.50 bits per heavy atom. The Morgan fingerprint density at radius 2 is 2.00 bits per heavy atom. The van der Waals surface area contributed by atoms with Crippen molar-refractivity contribution < 1.29 is 26.7 Å². The molecule has 1 aliphatic heterocycles. The molecule has 0 fully saturated rings. The molecular weight excluding hydrogens is 269 g/mol. The standard InChI is InChI=1S/C11H11F3O3S/c1-6(15)10-5-7-8(11(12,13)14)3-2-4-9(7)18(10,16)17/h2-4,6,10,15H,5H2,1H3. The van der Waals surface area contributed by atoms with Gasteiger partial charge in [-0.25, -0.2) is 8.42 Å². The summed E-state index contributed by atoms with van der Waals surface area (Å²) in [7, 11) is -3.88. The number of rotatable bonds is 1. The van der Waals surface area contributed by atoms with Crippen LogP contribution in [0.1, 0.15) is 18.1 Å². The second-order valence-electron chi connectivity index (χ2n) is 4.31. The van der Waals surface area contributed by atoms with Gasteiger partial charge in [0, 0.05) is 0 Å². The van der Waals surface area contributed by atoms with E-state index < -0.39 is 32.9 Å². The summed E-state index contributed by atoms with van der Waals surface area (Å²) in [6.07, 6.45) is -6.09. The first-order chi connectivity index (χ1) is 8.15. The zero-order valence-corrected chi connectivity index (χ0v) is 10.2. The minimum atomic E-state index is -4.59. The normalized spacial score (nSPS) is 23.7. The fraction of sp³-hybridized carbons (Fsp3) is 0.455. The topological polar surface area (TPSA) is 54.4 Å². The van der Waals surface area contributed by atoms with Crippen LogP contribution in [-0.2, 0) is 22.4 Å². The van der Waals surface area contributed by atoms with Gasteiger partial charge in [-0.1, -0.05) is 6.07 Å². The molecule has 7 heteroatoms. The van der Waals surface area contributed by atoms with Crippen molar-refractivity contribution in [3.63, 3.8) is 0 Å². The number of sulfone groups is 1. The molecule has 0 amide bonds. The minimum Gasteiger partial charge on any atom is -0.392 e. The molecule has 1 aliphatic rings. The SMILES string of the molecule is CC(O)C1Cc2c(C(F)(F)F)cccc2S1(=O)=O. The molecule has 0 spiro atoms. The first kappa shape index (κ1) is 13.4. The van der Waals surface area contributed by atoms with Crippen LogP contribution < -0.4 is 0 Å². The average Bonchev–Trinajstić information content (AvgIpc) is 2.49. The van der Waals surface area contributed by atoms with E-state index in [2.05, 4.69) is 0 Å². The fourth-order valence-electron chi connectivity index (χ4n) is 2.21. The second kappa shape index (κ2) is 3.96. The van der Waals surface area contributed by atoms with Crippen molar-refractivity contribution in [1.29, 1.82) is 0 Å². The summed E-state index contributed by atoms with van der Waals surface area (Å²) in [5, 5.41) is 8.20. The van der Waals surface area contributed by atoms with Gasteiger partial charge in [-0.3, -0.25) is 0 Å². The van der Waals surface area contributed by atoms with Crippen molar-refractivity contribution in [3.8, 4) is 0 Å². The highest BCUT2D eigenvalue weighted by Crippen LogP contribution is 2.41. The van der Waals surface area contributed by atoms with Gasteiger partial charge in [0.15, 0.2) is 9.84 Å². The molecular formula is C11H11F3O3S. The fourth-order valence-corrected chi connectivity index (χ4v) is 4.25. The maximum Gasteiger partial charge on any atom is 0.416 e. The third kappa shape index (κ3) is 1.91. The molecule has 1 N–H and O–H groups in total. The van der Waals surface area contributed by atoms with Gasteiger partial charge in [-0.15, -0.1) is 0 Å². The van der Waals surface area contributed by atoms with E-state index in [4.69, 9.17) is 0 Å². The highest BCUT2D eigenvalue weighted by atomic mass is 32.2. The highest BCUT2D eigenvalue weighted by molar-refractivity contribution is 7.92. The van der Waals surface area contributed by atoms with Gasteiger partial charge in [-0.05, 0) is 31.0 Å². The van der Waals surface area contributed by atoms with Gasteiger partial charge in [-0.2, -0.15) is 13.2 Å². The van der Waals surface area contributed by atoms with Crippen LogP contribution in [0.25, 0.3) is 0 Å². The third-order valence-corrected chi connectivity index (χ3v) is 5.44. The Morgan fingerprint density at radius 1 is 1.39 bits per heavy atom. The van der Waals surface area contributed by atoms with Crippen molar-refractivity contribution in [2.75, 3.05) is 0 Å². The molecule has 0 saturated heterocycles. The van der Waals surface area contributed by atoms with E-state index in [9.17, 15) is 26.7 Å². The molecule has 18 heavy (non-hydrogen) atoms. The second-order valence-corrected chi connectivity index (χ2v) is 6.44. The van der Waals surface area contributed by atoms with Gasteiger partial charge in [0.05, 0.1) is 21.8 Å². The summed E-state index contributed by atoms with van der Waals surface area (Å²) in [6.45, 7) is 1.27. The van der Waals surface area contributed by atoms with Crippen molar-refractivity contribution in [3.05, 3.63) is 29.3 Å². The predicted octanol–water partition coefficient (Wildman–Crippen LogP) is 1.78. The summed E-state index contributed by atoms with van der Waals surface area (Å²) < 4.78 is 62.3. The summed E-state index contributed by atoms with van der Waals surface area (Å²) in [4.78, 5) is -0.316. The highest BCUT2D eigenvalue weighted by Gasteiger charge is 2.45. The number of halogens is 3. The van der Waals surface area contributed by atoms with Crippen LogP contribution >= 0.6 is 0 Å². The van der Waals surface area contributed by atoms with Crippen LogP contribution in [-0.4, -0.2) is 24.9 Å². The lowest BCUT2D eigenvalue weighted by Crippen LogP contribution is -2.29. The molecule has 0 radical (unpaired) electrons. The predicted molar refractivity (Wildman–Crippen MR) is 57.8 cm³/mol. The summed E-state index contributed by atoms with van der Waals surface area (Å²) >= 11 is 0. The molecule has 0 aromatic heterocycles. The zero-order chi connectivity index (χ0) is 13.7. The van der Waals surface area contributed by atoms with Crippen LogP contribution in [0, 0.1) is 0 Å². The smallest absolute Gasteiger partial charge is 0.392 e. The molecule has 0 bridgehead atoms. The number of aliphatic hydroxyl groups excluding tert-OH is 1. The van der Waals surface area contributed by atoms with Gasteiger partial charge in [0.1, 0.15) is 0 Å². The van der Waals surface area contributed by atoms with E-state index in [0.717, 1.165) is 18.2 Å². The molecule has 2 rings (SSSR count). The van der Waals surface area contributed by atoms with Crippen LogP contribution in [0.3, 0.4) is 0 Å². The molecule has 1 heterocycles. The number of benzene rings is 1. The minimum absolute atomic E-state index is 0.240. The number of aliphatic hydroxyl groups is 1. The maximum atomic E-state index is 12.8. The van der Waals surface area contributed by atoms with Gasteiger partial charge < -0.3 is 5.11 Å². The molecule has 3 nitrogen and oxygen atoms in total. The number of fused-ring (bicyclic) bond motifs is 1. The molecule has 0 aliphatic carbocycles. The van der Waals surface area contributed by atoms with Crippen LogP contribution in [0.5, 0.6) is 0 Å². The number of hydrogen-bond donors (Lipinski definition) is 1. The van der Waals surface area contributed by atoms with Crippen LogP contribution in [0.15, 0.2) is 23.1 Å². The Labute approximate surface area is 102 Å². The Hall–Kier alpha value is -1.08. The lowest BCUT2D eigenvalue weighted by molar-refractivity contribution is -0.138. The molecule has 1 aromatic carbocycles. The Balaban J connectivity index is 2.65. The summed E-state index contributed by atoms with van der Waals surface area (Å²) in [5.74, 6) is 0. The van der Waals surface area contributed by atoms with E-state index in [1.165, 1.54) is 6.92 Å². The lowest BCUT2D eigenvalue weighted by atomic mass is 10.0. The summed E-state index contributed by atoms with van der Waals surface area (Å²) in [5.41, 5.74) is -1.18. The molecule has 100 valence electrons. The largest absolute Gasteiger partial charge is 0.416 e. The van der Waals surface area contributed by atoms with Gasteiger partial charge in [0.2, 0.25) is 0 Å². The van der Waals surface area contributed by atoms with Gasteiger partial charge >= 0.3 is 6.18 Å². The monoisotopic (exact) mass is 280 g/mol. The van der Waals surface area contributed by atoms with Crippen LogP contribution in [0.4, 0.5) is 13.2 Å². The number of alkyl halides is 3. The first-order valence-corrected chi connectivity index (χ1v) is 6.81. The van der Waals surface area contributed by atoms with Crippen molar-refractivity contribution >= 4 is 9.84 Å². The van der Waals surface area contributed by atoms with E-state index in [-0.39, 0.29) is 16.9 Å². The zero-order valence-electron chi connectivity index (χ0n) is 9.40. The summed E-state index contributed by atoms with van der Waals surface area (Å²) in [6, 6.07) is 3.09. The Bertz CT molecular complexity index is 576. The third-order valence-electron chi connectivity index (χ3n) is 3.09. The first-order valence-electron chi connectivity index (χ1n) is 5.26. The Kier molecular flexibility index (Phi) is 2.94. The number of hydrogen-bond acceptors (Lipinski definition) is 3. The van der Waals surface area contributed by atoms with Crippen molar-refractivity contribution in [2.45, 2.75) is 35.8 Å². The van der Waals surface area contributed by atoms with E-state index in [0.29, 0.717) is 0 Å². The van der Waals surface area contributed by atoms with Gasteiger partial charge in [0.25, 0.3) is 0 Å².